The van der Waals surface area contributed by atoms with Crippen molar-refractivity contribution in [3.63, 3.8) is 0 Å². The third-order valence-electron chi connectivity index (χ3n) is 4.79. The van der Waals surface area contributed by atoms with E-state index in [1.807, 2.05) is 24.5 Å². The lowest BCUT2D eigenvalue weighted by atomic mass is 9.94. The van der Waals surface area contributed by atoms with E-state index in [2.05, 4.69) is 33.6 Å². The van der Waals surface area contributed by atoms with Crippen LogP contribution < -0.4 is 4.74 Å². The zero-order valence-electron chi connectivity index (χ0n) is 14.4. The molecule has 2 heterocycles. The summed E-state index contributed by atoms with van der Waals surface area (Å²) in [5, 5.41) is 9.24. The highest BCUT2D eigenvalue weighted by Gasteiger charge is 2.21. The number of imidazole rings is 1. The maximum absolute atomic E-state index is 9.24. The van der Waals surface area contributed by atoms with Crippen molar-refractivity contribution in [1.29, 1.82) is 5.26 Å². The van der Waals surface area contributed by atoms with Gasteiger partial charge in [-0.15, -0.1) is 0 Å². The first-order chi connectivity index (χ1) is 11.7. The highest BCUT2D eigenvalue weighted by molar-refractivity contribution is 5.45. The smallest absolute Gasteiger partial charge is 0.136 e. The first-order valence-electron chi connectivity index (χ1n) is 8.45. The zero-order chi connectivity index (χ0) is 16.9. The summed E-state index contributed by atoms with van der Waals surface area (Å²) in [5.41, 5.74) is 1.78. The van der Waals surface area contributed by atoms with Gasteiger partial charge in [0, 0.05) is 39.0 Å². The van der Waals surface area contributed by atoms with Crippen LogP contribution in [-0.2, 0) is 20.0 Å². The van der Waals surface area contributed by atoms with Crippen molar-refractivity contribution >= 4 is 0 Å². The fourth-order valence-electron chi connectivity index (χ4n) is 3.51. The number of benzene rings is 1. The summed E-state index contributed by atoms with van der Waals surface area (Å²) in [6.07, 6.45) is 7.39. The molecule has 0 bridgehead atoms. The average Bonchev–Trinajstić information content (AvgIpc) is 3.00. The van der Waals surface area contributed by atoms with E-state index in [1.165, 1.54) is 18.4 Å². The van der Waals surface area contributed by atoms with Gasteiger partial charge in [-0.3, -0.25) is 4.90 Å². The summed E-state index contributed by atoms with van der Waals surface area (Å²) < 4.78 is 7.34. The molecule has 5 heteroatoms. The number of hydrogen-bond acceptors (Lipinski definition) is 4. The van der Waals surface area contributed by atoms with E-state index in [4.69, 9.17) is 4.74 Å². The molecular weight excluding hydrogens is 300 g/mol. The number of aryl methyl sites for hydroxylation is 1. The predicted molar refractivity (Wildman–Crippen MR) is 92.6 cm³/mol. The van der Waals surface area contributed by atoms with Crippen LogP contribution >= 0.6 is 0 Å². The number of aromatic nitrogens is 2. The number of rotatable bonds is 5. The van der Waals surface area contributed by atoms with Gasteiger partial charge in [-0.2, -0.15) is 5.26 Å². The number of likely N-dealkylation sites (tertiary alicyclic amines) is 1. The second-order valence-corrected chi connectivity index (χ2v) is 6.55. The van der Waals surface area contributed by atoms with Crippen LogP contribution in [-0.4, -0.2) is 34.7 Å². The van der Waals surface area contributed by atoms with Crippen LogP contribution in [0.1, 0.15) is 29.8 Å². The van der Waals surface area contributed by atoms with Crippen molar-refractivity contribution in [2.24, 2.45) is 13.0 Å². The highest BCUT2D eigenvalue weighted by atomic mass is 16.5. The van der Waals surface area contributed by atoms with E-state index in [0.717, 1.165) is 31.9 Å². The summed E-state index contributed by atoms with van der Waals surface area (Å²) in [7, 11) is 3.66. The summed E-state index contributed by atoms with van der Waals surface area (Å²) in [6.45, 7) is 3.08. The van der Waals surface area contributed by atoms with E-state index >= 15 is 0 Å². The van der Waals surface area contributed by atoms with Gasteiger partial charge < -0.3 is 9.30 Å². The quantitative estimate of drug-likeness (QED) is 0.848. The Morgan fingerprint density at radius 2 is 2.29 bits per heavy atom. The molecule has 1 aromatic carbocycles. The van der Waals surface area contributed by atoms with Gasteiger partial charge in [0.2, 0.25) is 0 Å². The molecule has 0 radical (unpaired) electrons. The van der Waals surface area contributed by atoms with Crippen LogP contribution in [0.4, 0.5) is 0 Å². The molecular formula is C19H24N4O. The number of piperidine rings is 1. The normalized spacial score (nSPS) is 18.3. The van der Waals surface area contributed by atoms with E-state index in [-0.39, 0.29) is 0 Å². The van der Waals surface area contributed by atoms with E-state index in [1.54, 1.807) is 7.11 Å². The standard InChI is InChI=1S/C19H24N4O/c1-22-9-7-21-19(22)11-15-4-3-8-23(13-15)14-16-5-6-18(24-2)17(10-16)12-20/h5-7,9-10,15H,3-4,8,11,13-14H2,1-2H3/t15-/m1/s1. The molecule has 5 nitrogen and oxygen atoms in total. The molecule has 0 amide bonds. The van der Waals surface area contributed by atoms with Crippen molar-refractivity contribution in [2.45, 2.75) is 25.8 Å². The molecule has 0 unspecified atom stereocenters. The van der Waals surface area contributed by atoms with Crippen LogP contribution in [0.3, 0.4) is 0 Å². The molecule has 3 rings (SSSR count). The van der Waals surface area contributed by atoms with Gasteiger partial charge in [0.05, 0.1) is 12.7 Å². The monoisotopic (exact) mass is 324 g/mol. The fourth-order valence-corrected chi connectivity index (χ4v) is 3.51. The lowest BCUT2D eigenvalue weighted by Crippen LogP contribution is -2.36. The van der Waals surface area contributed by atoms with Crippen LogP contribution in [0.5, 0.6) is 5.75 Å². The van der Waals surface area contributed by atoms with Gasteiger partial charge in [0.25, 0.3) is 0 Å². The molecule has 1 atom stereocenters. The molecule has 1 aromatic heterocycles. The van der Waals surface area contributed by atoms with E-state index in [0.29, 0.717) is 17.2 Å². The van der Waals surface area contributed by atoms with Crippen molar-refractivity contribution in [3.8, 4) is 11.8 Å². The Kier molecular flexibility index (Phi) is 5.17. The van der Waals surface area contributed by atoms with Crippen molar-refractivity contribution in [1.82, 2.24) is 14.5 Å². The molecule has 1 fully saturated rings. The third kappa shape index (κ3) is 3.77. The van der Waals surface area contributed by atoms with Crippen molar-refractivity contribution in [2.75, 3.05) is 20.2 Å². The molecule has 0 N–H and O–H groups in total. The fraction of sp³-hybridized carbons (Fsp3) is 0.474. The van der Waals surface area contributed by atoms with Gasteiger partial charge in [-0.1, -0.05) is 6.07 Å². The third-order valence-corrected chi connectivity index (χ3v) is 4.79. The number of nitrogens with zero attached hydrogens (tertiary/aromatic N) is 4. The number of hydrogen-bond donors (Lipinski definition) is 0. The maximum atomic E-state index is 9.24. The van der Waals surface area contributed by atoms with Gasteiger partial charge in [0.1, 0.15) is 17.6 Å². The summed E-state index contributed by atoms with van der Waals surface area (Å²) >= 11 is 0. The number of methoxy groups -OCH3 is 1. The Balaban J connectivity index is 1.63. The molecule has 24 heavy (non-hydrogen) atoms. The average molecular weight is 324 g/mol. The summed E-state index contributed by atoms with van der Waals surface area (Å²) in [5.74, 6) is 2.46. The van der Waals surface area contributed by atoms with Gasteiger partial charge >= 0.3 is 0 Å². The van der Waals surface area contributed by atoms with Crippen molar-refractivity contribution < 1.29 is 4.74 Å². The highest BCUT2D eigenvalue weighted by Crippen LogP contribution is 2.24. The van der Waals surface area contributed by atoms with Crippen LogP contribution in [0, 0.1) is 17.2 Å². The molecule has 0 aliphatic carbocycles. The topological polar surface area (TPSA) is 54.1 Å². The predicted octanol–water partition coefficient (Wildman–Crippen LogP) is 2.76. The second kappa shape index (κ2) is 7.50. The lowest BCUT2D eigenvalue weighted by molar-refractivity contribution is 0.165. The molecule has 0 saturated carbocycles. The number of ether oxygens (including phenoxy) is 1. The Bertz CT molecular complexity index is 731. The Morgan fingerprint density at radius 3 is 3.00 bits per heavy atom. The summed E-state index contributed by atoms with van der Waals surface area (Å²) in [4.78, 5) is 6.94. The van der Waals surface area contributed by atoms with E-state index in [9.17, 15) is 5.26 Å². The van der Waals surface area contributed by atoms with E-state index < -0.39 is 0 Å². The number of nitriles is 1. The molecule has 2 aromatic rings. The first kappa shape index (κ1) is 16.5. The largest absolute Gasteiger partial charge is 0.495 e. The SMILES string of the molecule is COc1ccc(CN2CCC[C@H](Cc3nccn3C)C2)cc1C#N. The summed E-state index contributed by atoms with van der Waals surface area (Å²) in [6, 6.07) is 8.11. The molecule has 126 valence electrons. The Labute approximate surface area is 143 Å². The maximum Gasteiger partial charge on any atom is 0.136 e. The van der Waals surface area contributed by atoms with Crippen LogP contribution in [0.25, 0.3) is 0 Å². The van der Waals surface area contributed by atoms with Crippen LogP contribution in [0.15, 0.2) is 30.6 Å². The molecule has 0 spiro atoms. The van der Waals surface area contributed by atoms with Gasteiger partial charge in [-0.25, -0.2) is 4.98 Å². The Morgan fingerprint density at radius 1 is 1.42 bits per heavy atom. The molecule has 1 aliphatic heterocycles. The zero-order valence-corrected chi connectivity index (χ0v) is 14.4. The van der Waals surface area contributed by atoms with Gasteiger partial charge in [0.15, 0.2) is 0 Å². The first-order valence-corrected chi connectivity index (χ1v) is 8.45. The van der Waals surface area contributed by atoms with Crippen molar-refractivity contribution in [3.05, 3.63) is 47.5 Å². The van der Waals surface area contributed by atoms with Crippen LogP contribution in [0.2, 0.25) is 0 Å². The molecule has 1 aliphatic rings. The molecule has 1 saturated heterocycles. The minimum Gasteiger partial charge on any atom is -0.495 e. The minimum atomic E-state index is 0.608. The second-order valence-electron chi connectivity index (χ2n) is 6.55. The Hall–Kier alpha value is -2.32. The lowest BCUT2D eigenvalue weighted by Gasteiger charge is -2.32. The minimum absolute atomic E-state index is 0.608. The van der Waals surface area contributed by atoms with Gasteiger partial charge in [-0.05, 0) is 43.0 Å².